The summed E-state index contributed by atoms with van der Waals surface area (Å²) in [5, 5.41) is 3.14. The summed E-state index contributed by atoms with van der Waals surface area (Å²) < 4.78 is 5.48. The van der Waals surface area contributed by atoms with Crippen LogP contribution < -0.4 is 10.1 Å². The molecule has 2 aromatic rings. The maximum absolute atomic E-state index is 5.48. The lowest BCUT2D eigenvalue weighted by atomic mass is 9.94. The number of hydrogen-bond acceptors (Lipinski definition) is 3. The van der Waals surface area contributed by atoms with Crippen molar-refractivity contribution in [2.45, 2.75) is 20.3 Å². The number of pyridine rings is 1. The molecule has 1 heterocycles. The standard InChI is InChI=1S/C18H20N2O.C2H6/c1-5-8-13(2)17-15(11-12-20-18(17)19-3)14-9-6-7-10-16(14)21-4;1-2/h5-7,9-12H,1-2,8H2,3-4H3,(H,19,20);1-2H3. The van der Waals surface area contributed by atoms with E-state index in [-0.39, 0.29) is 0 Å². The van der Waals surface area contributed by atoms with Crippen molar-refractivity contribution in [2.24, 2.45) is 0 Å². The molecule has 0 spiro atoms. The summed E-state index contributed by atoms with van der Waals surface area (Å²) in [5.41, 5.74) is 4.06. The molecule has 0 aliphatic rings. The Morgan fingerprint density at radius 1 is 1.22 bits per heavy atom. The van der Waals surface area contributed by atoms with E-state index in [9.17, 15) is 0 Å². The van der Waals surface area contributed by atoms with Gasteiger partial charge in [-0.3, -0.25) is 0 Å². The number of anilines is 1. The molecule has 3 heteroatoms. The van der Waals surface area contributed by atoms with Crippen molar-refractivity contribution in [1.29, 1.82) is 0 Å². The number of ether oxygens (including phenoxy) is 1. The highest BCUT2D eigenvalue weighted by Crippen LogP contribution is 2.38. The molecule has 122 valence electrons. The van der Waals surface area contributed by atoms with Gasteiger partial charge in [-0.25, -0.2) is 4.98 Å². The van der Waals surface area contributed by atoms with Gasteiger partial charge in [0.1, 0.15) is 11.6 Å². The van der Waals surface area contributed by atoms with Crippen LogP contribution in [0.2, 0.25) is 0 Å². The second-order valence-corrected chi connectivity index (χ2v) is 4.63. The van der Waals surface area contributed by atoms with E-state index in [0.29, 0.717) is 6.42 Å². The molecule has 0 saturated carbocycles. The molecule has 0 radical (unpaired) electrons. The van der Waals surface area contributed by atoms with Crippen LogP contribution in [0.5, 0.6) is 5.75 Å². The number of para-hydroxylation sites is 1. The summed E-state index contributed by atoms with van der Waals surface area (Å²) in [4.78, 5) is 4.40. The zero-order valence-electron chi connectivity index (χ0n) is 14.5. The Morgan fingerprint density at radius 2 is 1.91 bits per heavy atom. The molecule has 0 unspecified atom stereocenters. The van der Waals surface area contributed by atoms with Gasteiger partial charge in [0.05, 0.1) is 7.11 Å². The highest BCUT2D eigenvalue weighted by molar-refractivity contribution is 5.88. The highest BCUT2D eigenvalue weighted by atomic mass is 16.5. The molecular weight excluding hydrogens is 284 g/mol. The van der Waals surface area contributed by atoms with E-state index in [4.69, 9.17) is 4.74 Å². The Kier molecular flexibility index (Phi) is 7.61. The number of hydrogen-bond donors (Lipinski definition) is 1. The fourth-order valence-electron chi connectivity index (χ4n) is 2.38. The summed E-state index contributed by atoms with van der Waals surface area (Å²) in [6.07, 6.45) is 4.35. The zero-order valence-corrected chi connectivity index (χ0v) is 14.5. The fraction of sp³-hybridized carbons (Fsp3) is 0.250. The van der Waals surface area contributed by atoms with Crippen molar-refractivity contribution in [3.05, 3.63) is 61.3 Å². The molecule has 0 bridgehead atoms. The minimum absolute atomic E-state index is 0.711. The van der Waals surface area contributed by atoms with Crippen LogP contribution in [-0.4, -0.2) is 19.1 Å². The molecule has 0 amide bonds. The van der Waals surface area contributed by atoms with Crippen LogP contribution in [0.15, 0.2) is 55.8 Å². The quantitative estimate of drug-likeness (QED) is 0.724. The zero-order chi connectivity index (χ0) is 17.2. The van der Waals surface area contributed by atoms with E-state index in [1.54, 1.807) is 13.3 Å². The summed E-state index contributed by atoms with van der Waals surface area (Å²) in [5.74, 6) is 1.64. The van der Waals surface area contributed by atoms with E-state index in [2.05, 4.69) is 23.5 Å². The molecular formula is C20H26N2O. The SMILES string of the molecule is C=CCC(=C)c1c(-c2ccccc2OC)ccnc1NC.CC. The van der Waals surface area contributed by atoms with Gasteiger partial charge in [0.25, 0.3) is 0 Å². The van der Waals surface area contributed by atoms with Gasteiger partial charge in [0.2, 0.25) is 0 Å². The number of rotatable bonds is 6. The van der Waals surface area contributed by atoms with Gasteiger partial charge in [-0.05, 0) is 29.7 Å². The van der Waals surface area contributed by atoms with Crippen molar-refractivity contribution < 1.29 is 4.74 Å². The maximum atomic E-state index is 5.48. The Morgan fingerprint density at radius 3 is 2.52 bits per heavy atom. The molecule has 1 aromatic heterocycles. The maximum Gasteiger partial charge on any atom is 0.133 e. The third-order valence-electron chi connectivity index (χ3n) is 3.33. The lowest BCUT2D eigenvalue weighted by Gasteiger charge is -2.17. The third kappa shape index (κ3) is 4.22. The molecule has 2 rings (SSSR count). The van der Waals surface area contributed by atoms with Crippen LogP contribution in [-0.2, 0) is 0 Å². The first-order chi connectivity index (χ1) is 11.2. The number of nitrogens with one attached hydrogen (secondary N) is 1. The smallest absolute Gasteiger partial charge is 0.133 e. The van der Waals surface area contributed by atoms with E-state index in [1.165, 1.54) is 0 Å². The van der Waals surface area contributed by atoms with E-state index >= 15 is 0 Å². The van der Waals surface area contributed by atoms with Crippen LogP contribution in [0.25, 0.3) is 16.7 Å². The molecule has 1 aromatic carbocycles. The van der Waals surface area contributed by atoms with Gasteiger partial charge in [-0.2, -0.15) is 0 Å². The lowest BCUT2D eigenvalue weighted by Crippen LogP contribution is -2.01. The first-order valence-electron chi connectivity index (χ1n) is 7.82. The van der Waals surface area contributed by atoms with Gasteiger partial charge in [-0.15, -0.1) is 6.58 Å². The Balaban J connectivity index is 0.00000127. The van der Waals surface area contributed by atoms with Crippen molar-refractivity contribution in [1.82, 2.24) is 4.98 Å². The van der Waals surface area contributed by atoms with Crippen LogP contribution in [0.1, 0.15) is 25.8 Å². The molecule has 0 atom stereocenters. The van der Waals surface area contributed by atoms with Gasteiger partial charge in [-0.1, -0.05) is 44.7 Å². The minimum Gasteiger partial charge on any atom is -0.496 e. The van der Waals surface area contributed by atoms with Gasteiger partial charge in [0, 0.05) is 24.4 Å². The predicted octanol–water partition coefficient (Wildman–Crippen LogP) is 5.41. The number of allylic oxidation sites excluding steroid dienone is 2. The summed E-state index contributed by atoms with van der Waals surface area (Å²) >= 11 is 0. The van der Waals surface area contributed by atoms with Crippen LogP contribution in [0.3, 0.4) is 0 Å². The average Bonchev–Trinajstić information content (AvgIpc) is 2.62. The predicted molar refractivity (Wildman–Crippen MR) is 101 cm³/mol. The number of methoxy groups -OCH3 is 1. The van der Waals surface area contributed by atoms with Crippen LogP contribution in [0, 0.1) is 0 Å². The molecule has 0 aliphatic heterocycles. The number of nitrogens with zero attached hydrogens (tertiary/aromatic N) is 1. The fourth-order valence-corrected chi connectivity index (χ4v) is 2.38. The minimum atomic E-state index is 0.711. The normalized spacial score (nSPS) is 9.39. The van der Waals surface area contributed by atoms with E-state index in [0.717, 1.165) is 33.8 Å². The van der Waals surface area contributed by atoms with Gasteiger partial charge >= 0.3 is 0 Å². The first-order valence-corrected chi connectivity index (χ1v) is 7.82. The molecule has 0 aliphatic carbocycles. The number of benzene rings is 1. The van der Waals surface area contributed by atoms with Crippen molar-refractivity contribution >= 4 is 11.4 Å². The molecule has 1 N–H and O–H groups in total. The summed E-state index contributed by atoms with van der Waals surface area (Å²) in [6, 6.07) is 9.94. The molecule has 0 saturated heterocycles. The highest BCUT2D eigenvalue weighted by Gasteiger charge is 2.15. The van der Waals surface area contributed by atoms with Crippen LogP contribution >= 0.6 is 0 Å². The van der Waals surface area contributed by atoms with E-state index < -0.39 is 0 Å². The van der Waals surface area contributed by atoms with Gasteiger partial charge < -0.3 is 10.1 Å². The number of aromatic nitrogens is 1. The van der Waals surface area contributed by atoms with E-state index in [1.807, 2.05) is 57.3 Å². The largest absolute Gasteiger partial charge is 0.496 e. The Labute approximate surface area is 139 Å². The van der Waals surface area contributed by atoms with Crippen molar-refractivity contribution in [2.75, 3.05) is 19.5 Å². The second-order valence-electron chi connectivity index (χ2n) is 4.63. The summed E-state index contributed by atoms with van der Waals surface area (Å²) in [7, 11) is 3.54. The van der Waals surface area contributed by atoms with Gasteiger partial charge in [0.15, 0.2) is 0 Å². The third-order valence-corrected chi connectivity index (χ3v) is 3.33. The molecule has 3 nitrogen and oxygen atoms in total. The lowest BCUT2D eigenvalue weighted by molar-refractivity contribution is 0.416. The first kappa shape index (κ1) is 18.5. The monoisotopic (exact) mass is 310 g/mol. The summed E-state index contributed by atoms with van der Waals surface area (Å²) in [6.45, 7) is 12.0. The van der Waals surface area contributed by atoms with Crippen molar-refractivity contribution in [3.63, 3.8) is 0 Å². The molecule has 23 heavy (non-hydrogen) atoms. The Hall–Kier alpha value is -2.55. The second kappa shape index (κ2) is 9.46. The topological polar surface area (TPSA) is 34.1 Å². The Bertz CT molecular complexity index is 662. The molecule has 0 fully saturated rings. The van der Waals surface area contributed by atoms with Crippen molar-refractivity contribution in [3.8, 4) is 16.9 Å². The average molecular weight is 310 g/mol. The van der Waals surface area contributed by atoms with Crippen LogP contribution in [0.4, 0.5) is 5.82 Å².